The molecule has 0 atom stereocenters. The largest absolute Gasteiger partial charge is 0.474 e. The first kappa shape index (κ1) is 30.9. The van der Waals surface area contributed by atoms with Gasteiger partial charge in [0.1, 0.15) is 18.1 Å². The standard InChI is InChI=1S/C30H35FN6O7S/c1-18(2)37(29(39)40)9-12-44-27-24(34-45(41,42)36-7-10-43-11-8-36)13-19(16-33-27)20-14-21-23(15-22(20)31)32-17-25-26(21)30(5-4-6-30)28(38)35(25)3/h13-18,34H,4-12H2,1-3H3,(H,39,40). The van der Waals surface area contributed by atoms with Crippen LogP contribution in [0.3, 0.4) is 0 Å². The number of anilines is 2. The van der Waals surface area contributed by atoms with Gasteiger partial charge in [0.05, 0.1) is 42.6 Å². The predicted molar refractivity (Wildman–Crippen MR) is 164 cm³/mol. The molecule has 0 radical (unpaired) electrons. The van der Waals surface area contributed by atoms with E-state index >= 15 is 4.39 Å². The second-order valence-corrected chi connectivity index (χ2v) is 13.5. The number of morpholine rings is 1. The van der Waals surface area contributed by atoms with Gasteiger partial charge < -0.3 is 24.4 Å². The van der Waals surface area contributed by atoms with Crippen molar-refractivity contribution in [3.63, 3.8) is 0 Å². The van der Waals surface area contributed by atoms with E-state index in [2.05, 4.69) is 14.7 Å². The van der Waals surface area contributed by atoms with Crippen LogP contribution in [0.25, 0.3) is 22.0 Å². The molecule has 3 aromatic rings. The van der Waals surface area contributed by atoms with E-state index in [-0.39, 0.29) is 74.1 Å². The molecule has 0 bridgehead atoms. The molecule has 1 saturated heterocycles. The van der Waals surface area contributed by atoms with Gasteiger partial charge in [-0.25, -0.2) is 14.2 Å². The van der Waals surface area contributed by atoms with Crippen molar-refractivity contribution in [2.45, 2.75) is 44.6 Å². The van der Waals surface area contributed by atoms with Gasteiger partial charge in [-0.05, 0) is 38.8 Å². The van der Waals surface area contributed by atoms with Crippen LogP contribution in [0.4, 0.5) is 20.6 Å². The van der Waals surface area contributed by atoms with Crippen LogP contribution in [0.15, 0.2) is 30.6 Å². The van der Waals surface area contributed by atoms with E-state index in [1.54, 1.807) is 38.1 Å². The Morgan fingerprint density at radius 1 is 1.20 bits per heavy atom. The molecule has 1 aromatic carbocycles. The molecule has 4 heterocycles. The summed E-state index contributed by atoms with van der Waals surface area (Å²) in [6, 6.07) is 4.10. The minimum absolute atomic E-state index is 0.00540. The summed E-state index contributed by atoms with van der Waals surface area (Å²) in [7, 11) is -2.35. The molecule has 2 aliphatic heterocycles. The number of halogens is 1. The highest BCUT2D eigenvalue weighted by atomic mass is 32.2. The third-order valence-electron chi connectivity index (χ3n) is 8.85. The van der Waals surface area contributed by atoms with Crippen molar-refractivity contribution in [1.29, 1.82) is 0 Å². The van der Waals surface area contributed by atoms with Crippen molar-refractivity contribution in [3.8, 4) is 17.0 Å². The van der Waals surface area contributed by atoms with E-state index in [1.165, 1.54) is 27.5 Å². The predicted octanol–water partition coefficient (Wildman–Crippen LogP) is 3.59. The molecule has 15 heteroatoms. The molecule has 2 fully saturated rings. The summed E-state index contributed by atoms with van der Waals surface area (Å²) in [4.78, 5) is 36.4. The van der Waals surface area contributed by atoms with Crippen LogP contribution in [0.2, 0.25) is 0 Å². The summed E-state index contributed by atoms with van der Waals surface area (Å²) >= 11 is 0. The van der Waals surface area contributed by atoms with Crippen molar-refractivity contribution < 1.29 is 37.0 Å². The highest BCUT2D eigenvalue weighted by molar-refractivity contribution is 7.90. The Morgan fingerprint density at radius 2 is 1.93 bits per heavy atom. The number of aromatic nitrogens is 2. The number of carboxylic acid groups (broad SMARTS) is 1. The lowest BCUT2D eigenvalue weighted by Crippen LogP contribution is -2.43. The Balaban J connectivity index is 1.40. The number of nitrogens with zero attached hydrogens (tertiary/aromatic N) is 5. The summed E-state index contributed by atoms with van der Waals surface area (Å²) in [5.41, 5.74) is 1.68. The van der Waals surface area contributed by atoms with E-state index in [9.17, 15) is 23.1 Å². The molecule has 13 nitrogen and oxygen atoms in total. The van der Waals surface area contributed by atoms with Crippen LogP contribution in [-0.4, -0.2) is 97.2 Å². The fraction of sp³-hybridized carbons (Fsp3) is 0.467. The third-order valence-corrected chi connectivity index (χ3v) is 10.4. The molecular weight excluding hydrogens is 607 g/mol. The average Bonchev–Trinajstić information content (AvgIpc) is 3.22. The van der Waals surface area contributed by atoms with Crippen LogP contribution >= 0.6 is 0 Å². The SMILES string of the molecule is CC(C)N(CCOc1ncc(-c2cc3c4c(cnc3cc2F)N(C)C(=O)C42CCC2)cc1NS(=O)(=O)N1CCOCC1)C(=O)O. The minimum Gasteiger partial charge on any atom is -0.474 e. The number of nitrogens with one attached hydrogen (secondary N) is 1. The molecule has 0 unspecified atom stereocenters. The zero-order valence-corrected chi connectivity index (χ0v) is 26.1. The van der Waals surface area contributed by atoms with Crippen LogP contribution in [-0.2, 0) is 25.2 Å². The summed E-state index contributed by atoms with van der Waals surface area (Å²) in [5, 5.41) is 10.1. The molecule has 240 valence electrons. The highest BCUT2D eigenvalue weighted by Gasteiger charge is 2.54. The molecule has 2 N–H and O–H groups in total. The van der Waals surface area contributed by atoms with Crippen molar-refractivity contribution in [2.24, 2.45) is 0 Å². The molecule has 1 aliphatic carbocycles. The zero-order valence-electron chi connectivity index (χ0n) is 25.2. The Kier molecular flexibility index (Phi) is 8.03. The average molecular weight is 643 g/mol. The van der Waals surface area contributed by atoms with E-state index in [4.69, 9.17) is 9.47 Å². The van der Waals surface area contributed by atoms with Crippen LogP contribution in [0, 0.1) is 5.82 Å². The van der Waals surface area contributed by atoms with Crippen molar-refractivity contribution in [2.75, 3.05) is 56.1 Å². The van der Waals surface area contributed by atoms with E-state index in [0.29, 0.717) is 29.4 Å². The lowest BCUT2D eigenvalue weighted by atomic mass is 9.64. The topological polar surface area (TPSA) is 154 Å². The van der Waals surface area contributed by atoms with E-state index in [1.807, 2.05) is 0 Å². The van der Waals surface area contributed by atoms with Gasteiger partial charge in [-0.1, -0.05) is 6.42 Å². The molecule has 2 aromatic heterocycles. The Hall–Kier alpha value is -4.08. The van der Waals surface area contributed by atoms with Crippen molar-refractivity contribution in [1.82, 2.24) is 19.2 Å². The molecule has 1 saturated carbocycles. The summed E-state index contributed by atoms with van der Waals surface area (Å²) < 4.78 is 57.2. The van der Waals surface area contributed by atoms with Gasteiger partial charge in [0.25, 0.3) is 0 Å². The van der Waals surface area contributed by atoms with Gasteiger partial charge in [0.2, 0.25) is 11.8 Å². The van der Waals surface area contributed by atoms with Gasteiger partial charge in [-0.15, -0.1) is 0 Å². The maximum atomic E-state index is 15.7. The van der Waals surface area contributed by atoms with Gasteiger partial charge in [0, 0.05) is 60.5 Å². The van der Waals surface area contributed by atoms with Gasteiger partial charge >= 0.3 is 16.3 Å². The van der Waals surface area contributed by atoms with Crippen LogP contribution < -0.4 is 14.4 Å². The molecule has 2 amide bonds. The quantitative estimate of drug-likeness (QED) is 0.356. The number of hydrogen-bond acceptors (Lipinski definition) is 8. The Labute approximate surface area is 260 Å². The van der Waals surface area contributed by atoms with Gasteiger partial charge in [-0.3, -0.25) is 14.5 Å². The number of carbonyl (C=O) groups is 2. The normalized spacial score (nSPS) is 17.9. The zero-order chi connectivity index (χ0) is 32.1. The van der Waals surface area contributed by atoms with Crippen molar-refractivity contribution in [3.05, 3.63) is 42.0 Å². The second-order valence-electron chi connectivity index (χ2n) is 11.8. The van der Waals surface area contributed by atoms with Crippen LogP contribution in [0.1, 0.15) is 38.7 Å². The Morgan fingerprint density at radius 3 is 2.58 bits per heavy atom. The fourth-order valence-corrected chi connectivity index (χ4v) is 7.49. The first-order chi connectivity index (χ1) is 21.4. The lowest BCUT2D eigenvalue weighted by Gasteiger charge is -2.37. The molecule has 1 spiro atoms. The van der Waals surface area contributed by atoms with E-state index < -0.39 is 27.5 Å². The number of fused-ring (bicyclic) bond motifs is 4. The van der Waals surface area contributed by atoms with Crippen LogP contribution in [0.5, 0.6) is 5.88 Å². The first-order valence-corrected chi connectivity index (χ1v) is 16.3. The maximum Gasteiger partial charge on any atom is 0.407 e. The number of ether oxygens (including phenoxy) is 2. The van der Waals surface area contributed by atoms with Crippen molar-refractivity contribution >= 4 is 44.5 Å². The maximum absolute atomic E-state index is 15.7. The molecular formula is C30H35FN6O7S. The highest BCUT2D eigenvalue weighted by Crippen LogP contribution is 2.55. The number of carbonyl (C=O) groups excluding carboxylic acids is 1. The number of hydrogen-bond donors (Lipinski definition) is 2. The number of benzene rings is 1. The smallest absolute Gasteiger partial charge is 0.407 e. The number of pyridine rings is 2. The third kappa shape index (κ3) is 5.42. The second kappa shape index (κ2) is 11.7. The van der Waals surface area contributed by atoms with Gasteiger partial charge in [0.15, 0.2) is 0 Å². The number of amides is 2. The Bertz CT molecular complexity index is 1780. The molecule has 45 heavy (non-hydrogen) atoms. The summed E-state index contributed by atoms with van der Waals surface area (Å²) in [6.07, 6.45) is 4.18. The lowest BCUT2D eigenvalue weighted by molar-refractivity contribution is -0.125. The van der Waals surface area contributed by atoms with E-state index in [0.717, 1.165) is 12.0 Å². The summed E-state index contributed by atoms with van der Waals surface area (Å²) in [6.45, 7) is 4.14. The molecule has 6 rings (SSSR count). The molecule has 3 aliphatic rings. The number of likely N-dealkylation sites (N-methyl/N-ethyl adjacent to an activating group) is 1. The first-order valence-electron chi connectivity index (χ1n) is 14.8. The van der Waals surface area contributed by atoms with Gasteiger partial charge in [-0.2, -0.15) is 12.7 Å². The monoisotopic (exact) mass is 642 g/mol. The minimum atomic E-state index is -4.07. The fourth-order valence-electron chi connectivity index (χ4n) is 6.31. The number of rotatable bonds is 9. The summed E-state index contributed by atoms with van der Waals surface area (Å²) in [5.74, 6) is -0.679.